The van der Waals surface area contributed by atoms with E-state index in [2.05, 4.69) is 5.32 Å². The van der Waals surface area contributed by atoms with Crippen molar-refractivity contribution in [1.29, 1.82) is 0 Å². The molecule has 2 fully saturated rings. The van der Waals surface area contributed by atoms with Crippen molar-refractivity contribution >= 4 is 0 Å². The van der Waals surface area contributed by atoms with Gasteiger partial charge >= 0.3 is 0 Å². The first-order valence-electron chi connectivity index (χ1n) is 7.53. The van der Waals surface area contributed by atoms with Crippen LogP contribution in [0.1, 0.15) is 38.5 Å². The van der Waals surface area contributed by atoms with Gasteiger partial charge in [0.2, 0.25) is 5.92 Å². The molecule has 0 aromatic heterocycles. The Balaban J connectivity index is 1.78. The molecule has 0 aromatic rings. The number of halogens is 2. The Labute approximate surface area is 119 Å². The molecule has 1 heterocycles. The minimum atomic E-state index is -2.47. The summed E-state index contributed by atoms with van der Waals surface area (Å²) < 4.78 is 26.2. The Morgan fingerprint density at radius 3 is 2.40 bits per heavy atom. The average molecular weight is 288 g/mol. The lowest BCUT2D eigenvalue weighted by Crippen LogP contribution is -2.37. The average Bonchev–Trinajstić information content (AvgIpc) is 2.42. The van der Waals surface area contributed by atoms with E-state index in [1.54, 1.807) is 11.2 Å². The van der Waals surface area contributed by atoms with Crippen LogP contribution in [-0.2, 0) is 0 Å². The first-order valence-corrected chi connectivity index (χ1v) is 7.53. The lowest BCUT2D eigenvalue weighted by molar-refractivity contribution is -0.0478. The van der Waals surface area contributed by atoms with Crippen LogP contribution in [0.3, 0.4) is 0 Å². The highest BCUT2D eigenvalue weighted by atomic mass is 19.3. The van der Waals surface area contributed by atoms with Crippen molar-refractivity contribution in [2.75, 3.05) is 19.6 Å². The molecular weight excluding hydrogens is 262 g/mol. The van der Waals surface area contributed by atoms with E-state index in [-0.39, 0.29) is 18.8 Å². The van der Waals surface area contributed by atoms with Gasteiger partial charge in [0.25, 0.3) is 0 Å². The van der Waals surface area contributed by atoms with Crippen molar-refractivity contribution in [1.82, 2.24) is 10.3 Å². The number of hydrazine groups is 1. The molecule has 1 saturated heterocycles. The predicted molar refractivity (Wildman–Crippen MR) is 75.7 cm³/mol. The first-order chi connectivity index (χ1) is 9.46. The van der Waals surface area contributed by atoms with E-state index in [0.717, 1.165) is 31.6 Å². The fraction of sp³-hybridized carbons (Fsp3) is 0.857. The number of rotatable bonds is 4. The van der Waals surface area contributed by atoms with Gasteiger partial charge in [0.05, 0.1) is 0 Å². The predicted octanol–water partition coefficient (Wildman–Crippen LogP) is 1.79. The molecule has 0 amide bonds. The molecule has 1 aliphatic heterocycles. The topological polar surface area (TPSA) is 67.3 Å². The molecule has 1 aliphatic carbocycles. The van der Waals surface area contributed by atoms with E-state index < -0.39 is 5.92 Å². The molecule has 116 valence electrons. The molecule has 1 saturated carbocycles. The lowest BCUT2D eigenvalue weighted by Gasteiger charge is -2.31. The van der Waals surface area contributed by atoms with Gasteiger partial charge in [0, 0.05) is 37.2 Å². The van der Waals surface area contributed by atoms with Crippen molar-refractivity contribution in [3.05, 3.63) is 11.9 Å². The number of nitrogens with zero attached hydrogens (tertiary/aromatic N) is 1. The molecule has 0 spiro atoms. The summed E-state index contributed by atoms with van der Waals surface area (Å²) in [6.45, 7) is 2.59. The summed E-state index contributed by atoms with van der Waals surface area (Å²) in [4.78, 5) is 0. The Hall–Kier alpha value is -0.880. The number of nitrogens with one attached hydrogen (secondary N) is 1. The van der Waals surface area contributed by atoms with Crippen LogP contribution < -0.4 is 16.9 Å². The maximum absolute atomic E-state index is 13.1. The van der Waals surface area contributed by atoms with Gasteiger partial charge < -0.3 is 16.1 Å². The van der Waals surface area contributed by atoms with Crippen molar-refractivity contribution < 1.29 is 8.78 Å². The van der Waals surface area contributed by atoms with Crippen molar-refractivity contribution in [2.24, 2.45) is 23.4 Å². The van der Waals surface area contributed by atoms with E-state index >= 15 is 0 Å². The number of nitrogens with two attached hydrogens (primary N) is 2. The normalized spacial score (nSPS) is 25.6. The van der Waals surface area contributed by atoms with Crippen LogP contribution in [0.4, 0.5) is 8.78 Å². The largest absolute Gasteiger partial charge is 0.401 e. The molecule has 0 bridgehead atoms. The van der Waals surface area contributed by atoms with Gasteiger partial charge in [0.15, 0.2) is 0 Å². The highest BCUT2D eigenvalue weighted by molar-refractivity contribution is 5.02. The summed E-state index contributed by atoms with van der Waals surface area (Å²) in [6.07, 6.45) is 4.92. The Morgan fingerprint density at radius 1 is 1.20 bits per heavy atom. The van der Waals surface area contributed by atoms with Crippen LogP contribution in [0, 0.1) is 11.8 Å². The number of hydrogen-bond acceptors (Lipinski definition) is 4. The summed E-state index contributed by atoms with van der Waals surface area (Å²) in [5.74, 6) is 4.12. The molecule has 0 atom stereocenters. The SMILES string of the molecule is N/C(=C\N(N)CC1CCC(F)(F)CC1)C1CCNCC1. The van der Waals surface area contributed by atoms with E-state index in [4.69, 9.17) is 11.6 Å². The zero-order valence-electron chi connectivity index (χ0n) is 12.0. The molecule has 0 radical (unpaired) electrons. The number of hydrogen-bond donors (Lipinski definition) is 3. The van der Waals surface area contributed by atoms with E-state index in [1.807, 2.05) is 0 Å². The van der Waals surface area contributed by atoms with Gasteiger partial charge in [-0.05, 0) is 44.7 Å². The van der Waals surface area contributed by atoms with Crippen LogP contribution in [0.15, 0.2) is 11.9 Å². The second-order valence-corrected chi connectivity index (χ2v) is 6.15. The third-order valence-corrected chi connectivity index (χ3v) is 4.43. The third kappa shape index (κ3) is 4.59. The molecular formula is C14H26F2N4. The zero-order chi connectivity index (χ0) is 14.6. The fourth-order valence-electron chi connectivity index (χ4n) is 3.09. The quantitative estimate of drug-likeness (QED) is 0.545. The summed E-state index contributed by atoms with van der Waals surface area (Å²) >= 11 is 0. The van der Waals surface area contributed by atoms with Crippen LogP contribution >= 0.6 is 0 Å². The molecule has 4 nitrogen and oxygen atoms in total. The van der Waals surface area contributed by atoms with E-state index in [1.165, 1.54) is 0 Å². The van der Waals surface area contributed by atoms with Crippen molar-refractivity contribution in [3.8, 4) is 0 Å². The van der Waals surface area contributed by atoms with Gasteiger partial charge in [0.1, 0.15) is 0 Å². The van der Waals surface area contributed by atoms with Crippen LogP contribution in [0.25, 0.3) is 0 Å². The van der Waals surface area contributed by atoms with Crippen molar-refractivity contribution in [3.63, 3.8) is 0 Å². The Kier molecular flexibility index (Phi) is 5.21. The summed E-state index contributed by atoms with van der Waals surface area (Å²) in [6, 6.07) is 0. The number of piperidine rings is 1. The fourth-order valence-corrected chi connectivity index (χ4v) is 3.09. The molecule has 5 N–H and O–H groups in total. The van der Waals surface area contributed by atoms with Gasteiger partial charge in [-0.1, -0.05) is 0 Å². The third-order valence-electron chi connectivity index (χ3n) is 4.43. The monoisotopic (exact) mass is 288 g/mol. The van der Waals surface area contributed by atoms with Gasteiger partial charge in [-0.15, -0.1) is 0 Å². The minimum absolute atomic E-state index is 0.0149. The van der Waals surface area contributed by atoms with Gasteiger partial charge in [-0.3, -0.25) is 0 Å². The zero-order valence-corrected chi connectivity index (χ0v) is 12.0. The maximum Gasteiger partial charge on any atom is 0.248 e. The highest BCUT2D eigenvalue weighted by Crippen LogP contribution is 2.36. The summed E-state index contributed by atoms with van der Waals surface area (Å²) in [5.41, 5.74) is 6.90. The Bertz CT molecular complexity index is 330. The number of allylic oxidation sites excluding steroid dienone is 1. The lowest BCUT2D eigenvalue weighted by atomic mass is 9.86. The molecule has 20 heavy (non-hydrogen) atoms. The molecule has 0 unspecified atom stereocenters. The first kappa shape index (κ1) is 15.5. The van der Waals surface area contributed by atoms with Crippen LogP contribution in [-0.4, -0.2) is 30.6 Å². The van der Waals surface area contributed by atoms with Gasteiger partial charge in [-0.25, -0.2) is 14.6 Å². The van der Waals surface area contributed by atoms with Crippen LogP contribution in [0.2, 0.25) is 0 Å². The number of alkyl halides is 2. The Morgan fingerprint density at radius 2 is 1.80 bits per heavy atom. The molecule has 2 aliphatic rings. The standard InChI is InChI=1S/C14H26F2N4/c15-14(16)5-1-11(2-6-14)9-20(18)10-13(17)12-3-7-19-8-4-12/h10-12,19H,1-9,17-18H2/b13-10-. The van der Waals surface area contributed by atoms with E-state index in [9.17, 15) is 8.78 Å². The molecule has 2 rings (SSSR count). The summed E-state index contributed by atoms with van der Waals surface area (Å²) in [7, 11) is 0. The molecule has 0 aromatic carbocycles. The second kappa shape index (κ2) is 6.72. The van der Waals surface area contributed by atoms with Crippen molar-refractivity contribution in [2.45, 2.75) is 44.4 Å². The van der Waals surface area contributed by atoms with E-state index in [0.29, 0.717) is 25.3 Å². The maximum atomic E-state index is 13.1. The smallest absolute Gasteiger partial charge is 0.248 e. The minimum Gasteiger partial charge on any atom is -0.401 e. The second-order valence-electron chi connectivity index (χ2n) is 6.15. The van der Waals surface area contributed by atoms with Crippen LogP contribution in [0.5, 0.6) is 0 Å². The highest BCUT2D eigenvalue weighted by Gasteiger charge is 2.35. The summed E-state index contributed by atoms with van der Waals surface area (Å²) in [5, 5.41) is 4.89. The molecule has 6 heteroatoms. The van der Waals surface area contributed by atoms with Gasteiger partial charge in [-0.2, -0.15) is 0 Å².